The lowest BCUT2D eigenvalue weighted by atomic mass is 9.89. The SMILES string of the molecule is CCOc1ccc(N2C(=O)c3ccccc3[C@@H](C=N[C@H](C)c3cccs3)C2=O)cc1. The van der Waals surface area contributed by atoms with Gasteiger partial charge in [-0.05, 0) is 61.2 Å². The van der Waals surface area contributed by atoms with Gasteiger partial charge in [-0.3, -0.25) is 14.6 Å². The zero-order valence-corrected chi connectivity index (χ0v) is 17.6. The minimum absolute atomic E-state index is 0.0542. The van der Waals surface area contributed by atoms with Crippen molar-refractivity contribution < 1.29 is 14.3 Å². The first-order valence-electron chi connectivity index (χ1n) is 9.87. The van der Waals surface area contributed by atoms with Crippen LogP contribution in [0.3, 0.4) is 0 Å². The summed E-state index contributed by atoms with van der Waals surface area (Å²) in [7, 11) is 0. The predicted molar refractivity (Wildman–Crippen MR) is 120 cm³/mol. The van der Waals surface area contributed by atoms with Crippen LogP contribution in [0.1, 0.15) is 46.6 Å². The Kier molecular flexibility index (Phi) is 5.77. The molecular formula is C24H22N2O3S. The summed E-state index contributed by atoms with van der Waals surface area (Å²) in [6.45, 7) is 4.45. The Morgan fingerprint density at radius 3 is 2.57 bits per heavy atom. The number of nitrogens with zero attached hydrogens (tertiary/aromatic N) is 2. The van der Waals surface area contributed by atoms with Gasteiger partial charge in [-0.2, -0.15) is 0 Å². The number of fused-ring (bicyclic) bond motifs is 1. The molecule has 30 heavy (non-hydrogen) atoms. The second kappa shape index (κ2) is 8.63. The summed E-state index contributed by atoms with van der Waals surface area (Å²) >= 11 is 1.63. The summed E-state index contributed by atoms with van der Waals surface area (Å²) < 4.78 is 5.47. The van der Waals surface area contributed by atoms with E-state index in [1.54, 1.807) is 47.9 Å². The number of hydrogen-bond donors (Lipinski definition) is 0. The van der Waals surface area contributed by atoms with E-state index < -0.39 is 5.92 Å². The van der Waals surface area contributed by atoms with Crippen LogP contribution in [0, 0.1) is 0 Å². The molecule has 0 aliphatic carbocycles. The molecule has 1 aromatic heterocycles. The standard InChI is InChI=1S/C24H22N2O3S/c1-3-29-18-12-10-17(11-13-18)26-23(27)20-8-5-4-7-19(20)21(24(26)28)15-25-16(2)22-9-6-14-30-22/h4-16,21H,3H2,1-2H3/t16-,21-/m1/s1. The third-order valence-corrected chi connectivity index (χ3v) is 6.08. The summed E-state index contributed by atoms with van der Waals surface area (Å²) in [4.78, 5) is 33.5. The first-order valence-corrected chi connectivity index (χ1v) is 10.7. The van der Waals surface area contributed by atoms with Gasteiger partial charge in [0.15, 0.2) is 0 Å². The monoisotopic (exact) mass is 418 g/mol. The van der Waals surface area contributed by atoms with Gasteiger partial charge in [-0.15, -0.1) is 11.3 Å². The van der Waals surface area contributed by atoms with Gasteiger partial charge >= 0.3 is 0 Å². The fourth-order valence-corrected chi connectivity index (χ4v) is 4.25. The van der Waals surface area contributed by atoms with Gasteiger partial charge in [-0.1, -0.05) is 24.3 Å². The zero-order chi connectivity index (χ0) is 21.1. The van der Waals surface area contributed by atoms with E-state index in [4.69, 9.17) is 4.74 Å². The van der Waals surface area contributed by atoms with E-state index in [2.05, 4.69) is 4.99 Å². The lowest BCUT2D eigenvalue weighted by Gasteiger charge is -2.31. The lowest BCUT2D eigenvalue weighted by Crippen LogP contribution is -2.45. The molecule has 2 heterocycles. The van der Waals surface area contributed by atoms with E-state index in [0.717, 1.165) is 4.88 Å². The Labute approximate surface area is 179 Å². The van der Waals surface area contributed by atoms with E-state index >= 15 is 0 Å². The molecule has 6 heteroatoms. The first kappa shape index (κ1) is 20.0. The molecule has 2 amide bonds. The van der Waals surface area contributed by atoms with Crippen molar-refractivity contribution in [2.24, 2.45) is 4.99 Å². The van der Waals surface area contributed by atoms with E-state index in [1.165, 1.54) is 4.90 Å². The van der Waals surface area contributed by atoms with Gasteiger partial charge < -0.3 is 4.74 Å². The largest absolute Gasteiger partial charge is 0.494 e. The molecule has 0 unspecified atom stereocenters. The Balaban J connectivity index is 1.70. The number of imide groups is 1. The fraction of sp³-hybridized carbons (Fsp3) is 0.208. The number of aliphatic imine (C=N–C) groups is 1. The number of carbonyl (C=O) groups excluding carboxylic acids is 2. The van der Waals surface area contributed by atoms with Gasteiger partial charge in [0, 0.05) is 16.7 Å². The third-order valence-electron chi connectivity index (χ3n) is 5.04. The molecular weight excluding hydrogens is 396 g/mol. The van der Waals surface area contributed by atoms with Crippen molar-refractivity contribution in [1.29, 1.82) is 0 Å². The molecule has 152 valence electrons. The van der Waals surface area contributed by atoms with E-state index in [0.29, 0.717) is 29.2 Å². The molecule has 4 rings (SSSR count). The molecule has 0 N–H and O–H groups in total. The van der Waals surface area contributed by atoms with Crippen molar-refractivity contribution in [1.82, 2.24) is 0 Å². The van der Waals surface area contributed by atoms with Crippen LogP contribution in [0.2, 0.25) is 0 Å². The van der Waals surface area contributed by atoms with Crippen molar-refractivity contribution in [3.05, 3.63) is 82.0 Å². The molecule has 0 bridgehead atoms. The van der Waals surface area contributed by atoms with Crippen molar-refractivity contribution in [2.75, 3.05) is 11.5 Å². The van der Waals surface area contributed by atoms with Gasteiger partial charge in [0.1, 0.15) is 5.75 Å². The van der Waals surface area contributed by atoms with Crippen LogP contribution in [0.4, 0.5) is 5.69 Å². The fourth-order valence-electron chi connectivity index (χ4n) is 3.52. The summed E-state index contributed by atoms with van der Waals surface area (Å²) in [6.07, 6.45) is 1.68. The van der Waals surface area contributed by atoms with Crippen LogP contribution in [0.15, 0.2) is 71.0 Å². The second-order valence-electron chi connectivity index (χ2n) is 6.96. The molecule has 0 radical (unpaired) electrons. The van der Waals surface area contributed by atoms with Crippen LogP contribution in [-0.2, 0) is 4.79 Å². The number of rotatable bonds is 6. The number of anilines is 1. The molecule has 0 saturated carbocycles. The maximum absolute atomic E-state index is 13.4. The molecule has 2 aromatic carbocycles. The number of benzene rings is 2. The Hall–Kier alpha value is -3.25. The third kappa shape index (κ3) is 3.78. The number of hydrogen-bond acceptors (Lipinski definition) is 5. The van der Waals surface area contributed by atoms with Gasteiger partial charge in [-0.25, -0.2) is 4.90 Å². The zero-order valence-electron chi connectivity index (χ0n) is 16.8. The maximum Gasteiger partial charge on any atom is 0.265 e. The van der Waals surface area contributed by atoms with Gasteiger partial charge in [0.2, 0.25) is 5.91 Å². The molecule has 0 spiro atoms. The minimum atomic E-state index is -0.618. The molecule has 1 aliphatic rings. The van der Waals surface area contributed by atoms with Crippen LogP contribution in [0.25, 0.3) is 0 Å². The molecule has 2 atom stereocenters. The van der Waals surface area contributed by atoms with Crippen LogP contribution in [0.5, 0.6) is 5.75 Å². The molecule has 5 nitrogen and oxygen atoms in total. The lowest BCUT2D eigenvalue weighted by molar-refractivity contribution is -0.118. The van der Waals surface area contributed by atoms with Crippen LogP contribution in [-0.4, -0.2) is 24.6 Å². The first-order chi connectivity index (χ1) is 14.6. The summed E-state index contributed by atoms with van der Waals surface area (Å²) in [5.41, 5.74) is 1.73. The molecule has 1 aliphatic heterocycles. The topological polar surface area (TPSA) is 59.0 Å². The van der Waals surface area contributed by atoms with Gasteiger partial charge in [0.25, 0.3) is 5.91 Å². The second-order valence-corrected chi connectivity index (χ2v) is 7.94. The maximum atomic E-state index is 13.4. The number of amides is 2. The smallest absolute Gasteiger partial charge is 0.265 e. The highest BCUT2D eigenvalue weighted by Crippen LogP contribution is 2.33. The summed E-state index contributed by atoms with van der Waals surface area (Å²) in [5.74, 6) is -0.546. The van der Waals surface area contributed by atoms with Crippen molar-refractivity contribution in [3.8, 4) is 5.75 Å². The normalized spacial score (nSPS) is 17.3. The highest BCUT2D eigenvalue weighted by Gasteiger charge is 2.38. The van der Waals surface area contributed by atoms with Crippen molar-refractivity contribution in [2.45, 2.75) is 25.8 Å². The van der Waals surface area contributed by atoms with Crippen molar-refractivity contribution in [3.63, 3.8) is 0 Å². The van der Waals surface area contributed by atoms with E-state index in [-0.39, 0.29) is 17.9 Å². The number of carbonyl (C=O) groups is 2. The highest BCUT2D eigenvalue weighted by molar-refractivity contribution is 7.10. The van der Waals surface area contributed by atoms with Crippen LogP contribution < -0.4 is 9.64 Å². The Morgan fingerprint density at radius 1 is 1.10 bits per heavy atom. The minimum Gasteiger partial charge on any atom is -0.494 e. The quantitative estimate of drug-likeness (QED) is 0.406. The van der Waals surface area contributed by atoms with Gasteiger partial charge in [0.05, 0.1) is 24.3 Å². The van der Waals surface area contributed by atoms with E-state index in [9.17, 15) is 9.59 Å². The summed E-state index contributed by atoms with van der Waals surface area (Å²) in [6, 6.07) is 18.2. The average molecular weight is 419 g/mol. The molecule has 0 fully saturated rings. The Bertz CT molecular complexity index is 1070. The number of thiophene rings is 1. The predicted octanol–water partition coefficient (Wildman–Crippen LogP) is 5.25. The molecule has 3 aromatic rings. The van der Waals surface area contributed by atoms with Crippen molar-refractivity contribution >= 4 is 35.1 Å². The number of ether oxygens (including phenoxy) is 1. The summed E-state index contributed by atoms with van der Waals surface area (Å²) in [5, 5.41) is 2.01. The van der Waals surface area contributed by atoms with Crippen LogP contribution >= 0.6 is 11.3 Å². The highest BCUT2D eigenvalue weighted by atomic mass is 32.1. The molecule has 0 saturated heterocycles. The van der Waals surface area contributed by atoms with E-state index in [1.807, 2.05) is 49.6 Å². The Morgan fingerprint density at radius 2 is 1.87 bits per heavy atom. The average Bonchev–Trinajstić information content (AvgIpc) is 3.30.